The molecule has 216 valence electrons. The van der Waals surface area contributed by atoms with Crippen molar-refractivity contribution in [3.05, 3.63) is 33.4 Å². The second-order valence-corrected chi connectivity index (χ2v) is 12.0. The van der Waals surface area contributed by atoms with Crippen molar-refractivity contribution in [2.45, 2.75) is 202 Å². The normalized spacial score (nSPS) is 11.5. The second kappa shape index (κ2) is 23.1. The van der Waals surface area contributed by atoms with Crippen molar-refractivity contribution in [3.8, 4) is 0 Å². The fourth-order valence-electron chi connectivity index (χ4n) is 6.39. The zero-order valence-electron chi connectivity index (χ0n) is 26.7. The van der Waals surface area contributed by atoms with E-state index in [9.17, 15) is 0 Å². The minimum atomic E-state index is 1.33. The van der Waals surface area contributed by atoms with Crippen LogP contribution in [0.1, 0.15) is 197 Å². The molecular formula is C37H68. The third-order valence-corrected chi connectivity index (χ3v) is 8.62. The SMILES string of the molecule is CCCCCCc1c(CCCCC)c(CCCCC)c(CCCCC)c(CCCCC)c1CCCCC. The van der Waals surface area contributed by atoms with E-state index in [1.807, 2.05) is 33.4 Å². The lowest BCUT2D eigenvalue weighted by molar-refractivity contribution is 0.632. The molecule has 0 unspecified atom stereocenters. The summed E-state index contributed by atoms with van der Waals surface area (Å²) in [6.07, 6.45) is 34.1. The fourth-order valence-corrected chi connectivity index (χ4v) is 6.39. The van der Waals surface area contributed by atoms with Crippen LogP contribution in [0.2, 0.25) is 0 Å². The van der Waals surface area contributed by atoms with E-state index >= 15 is 0 Å². The molecule has 0 nitrogen and oxygen atoms in total. The standard InChI is InChI=1S/C37H68/c1-7-13-19-25-31-37-35(29-23-17-11-5)33(27-21-15-9-3)32(26-20-14-8-2)34(28-22-16-10-4)36(37)30-24-18-12-6/h7-31H2,1-6H3. The van der Waals surface area contributed by atoms with Crippen molar-refractivity contribution < 1.29 is 0 Å². The molecule has 0 atom stereocenters. The Morgan fingerprint density at radius 1 is 0.216 bits per heavy atom. The van der Waals surface area contributed by atoms with E-state index in [4.69, 9.17) is 0 Å². The van der Waals surface area contributed by atoms with Gasteiger partial charge >= 0.3 is 0 Å². The molecule has 0 saturated carbocycles. The van der Waals surface area contributed by atoms with E-state index in [0.29, 0.717) is 0 Å². The van der Waals surface area contributed by atoms with Crippen molar-refractivity contribution in [1.29, 1.82) is 0 Å². The molecule has 0 aliphatic rings. The zero-order chi connectivity index (χ0) is 27.1. The number of hydrogen-bond acceptors (Lipinski definition) is 0. The van der Waals surface area contributed by atoms with Gasteiger partial charge in [-0.05, 0) is 110 Å². The summed E-state index contributed by atoms with van der Waals surface area (Å²) in [6, 6.07) is 0. The third kappa shape index (κ3) is 13.2. The van der Waals surface area contributed by atoms with Crippen LogP contribution in [0, 0.1) is 0 Å². The van der Waals surface area contributed by atoms with Crippen molar-refractivity contribution in [2.75, 3.05) is 0 Å². The first-order valence-electron chi connectivity index (χ1n) is 17.4. The summed E-state index contributed by atoms with van der Waals surface area (Å²) in [5.74, 6) is 0. The van der Waals surface area contributed by atoms with Crippen molar-refractivity contribution in [1.82, 2.24) is 0 Å². The molecule has 0 N–H and O–H groups in total. The topological polar surface area (TPSA) is 0 Å². The van der Waals surface area contributed by atoms with E-state index < -0.39 is 0 Å². The van der Waals surface area contributed by atoms with Gasteiger partial charge < -0.3 is 0 Å². The molecule has 0 bridgehead atoms. The van der Waals surface area contributed by atoms with Crippen LogP contribution in [0.4, 0.5) is 0 Å². The van der Waals surface area contributed by atoms with Gasteiger partial charge in [-0.1, -0.05) is 125 Å². The van der Waals surface area contributed by atoms with Gasteiger partial charge in [0, 0.05) is 0 Å². The lowest BCUT2D eigenvalue weighted by Crippen LogP contribution is -2.15. The van der Waals surface area contributed by atoms with Crippen molar-refractivity contribution in [3.63, 3.8) is 0 Å². The van der Waals surface area contributed by atoms with Gasteiger partial charge in [0.1, 0.15) is 0 Å². The molecule has 0 amide bonds. The first-order chi connectivity index (χ1) is 18.2. The van der Waals surface area contributed by atoms with Crippen LogP contribution in [-0.4, -0.2) is 0 Å². The molecule has 1 aromatic carbocycles. The number of unbranched alkanes of at least 4 members (excludes halogenated alkanes) is 13. The van der Waals surface area contributed by atoms with Crippen LogP contribution in [-0.2, 0) is 38.5 Å². The second-order valence-electron chi connectivity index (χ2n) is 12.0. The van der Waals surface area contributed by atoms with Gasteiger partial charge in [-0.2, -0.15) is 0 Å². The smallest absolute Gasteiger partial charge is 0.0273 e. The fraction of sp³-hybridized carbons (Fsp3) is 0.838. The molecule has 0 aliphatic heterocycles. The van der Waals surface area contributed by atoms with Crippen LogP contribution in [0.3, 0.4) is 0 Å². The molecule has 0 aromatic heterocycles. The summed E-state index contributed by atoms with van der Waals surface area (Å²) in [5, 5.41) is 0. The minimum absolute atomic E-state index is 1.33. The van der Waals surface area contributed by atoms with Gasteiger partial charge in [-0.25, -0.2) is 0 Å². The maximum absolute atomic E-state index is 2.37. The number of benzene rings is 1. The van der Waals surface area contributed by atoms with Crippen LogP contribution >= 0.6 is 0 Å². The van der Waals surface area contributed by atoms with Crippen molar-refractivity contribution in [2.24, 2.45) is 0 Å². The molecule has 0 heteroatoms. The Hall–Kier alpha value is -0.780. The summed E-state index contributed by atoms with van der Waals surface area (Å²) < 4.78 is 0. The average molecular weight is 513 g/mol. The van der Waals surface area contributed by atoms with Crippen LogP contribution in [0.5, 0.6) is 0 Å². The maximum Gasteiger partial charge on any atom is -0.0273 e. The highest BCUT2D eigenvalue weighted by Crippen LogP contribution is 2.36. The molecule has 0 spiro atoms. The van der Waals surface area contributed by atoms with Crippen LogP contribution in [0.15, 0.2) is 0 Å². The van der Waals surface area contributed by atoms with Gasteiger partial charge in [-0.15, -0.1) is 0 Å². The highest BCUT2D eigenvalue weighted by molar-refractivity contribution is 5.53. The summed E-state index contributed by atoms with van der Waals surface area (Å²) in [5.41, 5.74) is 11.2. The minimum Gasteiger partial charge on any atom is -0.0654 e. The molecule has 0 heterocycles. The van der Waals surface area contributed by atoms with Gasteiger partial charge in [0.15, 0.2) is 0 Å². The highest BCUT2D eigenvalue weighted by atomic mass is 14.3. The average Bonchev–Trinajstić information content (AvgIpc) is 2.90. The van der Waals surface area contributed by atoms with E-state index in [-0.39, 0.29) is 0 Å². The van der Waals surface area contributed by atoms with Crippen molar-refractivity contribution >= 4 is 0 Å². The zero-order valence-corrected chi connectivity index (χ0v) is 26.7. The first-order valence-corrected chi connectivity index (χ1v) is 17.4. The molecular weight excluding hydrogens is 444 g/mol. The number of rotatable bonds is 25. The summed E-state index contributed by atoms with van der Waals surface area (Å²) in [6.45, 7) is 14.2. The summed E-state index contributed by atoms with van der Waals surface area (Å²) in [4.78, 5) is 0. The van der Waals surface area contributed by atoms with E-state index in [0.717, 1.165) is 0 Å². The van der Waals surface area contributed by atoms with Crippen LogP contribution < -0.4 is 0 Å². The van der Waals surface area contributed by atoms with Crippen LogP contribution in [0.25, 0.3) is 0 Å². The molecule has 0 aliphatic carbocycles. The molecule has 0 radical (unpaired) electrons. The Morgan fingerprint density at radius 3 is 0.568 bits per heavy atom. The first kappa shape index (κ1) is 34.2. The maximum atomic E-state index is 2.37. The molecule has 0 saturated heterocycles. The Labute approximate surface area is 235 Å². The van der Waals surface area contributed by atoms with E-state index in [2.05, 4.69) is 41.5 Å². The lowest BCUT2D eigenvalue weighted by atomic mass is 9.77. The monoisotopic (exact) mass is 513 g/mol. The van der Waals surface area contributed by atoms with Gasteiger partial charge in [0.2, 0.25) is 0 Å². The predicted octanol–water partition coefficient (Wildman–Crippen LogP) is 12.5. The summed E-state index contributed by atoms with van der Waals surface area (Å²) in [7, 11) is 0. The predicted molar refractivity (Wildman–Crippen MR) is 170 cm³/mol. The third-order valence-electron chi connectivity index (χ3n) is 8.62. The number of hydrogen-bond donors (Lipinski definition) is 0. The van der Waals surface area contributed by atoms with Gasteiger partial charge in [-0.3, -0.25) is 0 Å². The van der Waals surface area contributed by atoms with E-state index in [1.54, 1.807) is 0 Å². The largest absolute Gasteiger partial charge is 0.0654 e. The lowest BCUT2D eigenvalue weighted by Gasteiger charge is -2.28. The van der Waals surface area contributed by atoms with Gasteiger partial charge in [0.25, 0.3) is 0 Å². The Balaban J connectivity index is 3.73. The molecule has 37 heavy (non-hydrogen) atoms. The highest BCUT2D eigenvalue weighted by Gasteiger charge is 2.22. The van der Waals surface area contributed by atoms with Gasteiger partial charge in [0.05, 0.1) is 0 Å². The Kier molecular flexibility index (Phi) is 21.4. The Bertz CT molecular complexity index is 622. The molecule has 0 fully saturated rings. The summed E-state index contributed by atoms with van der Waals surface area (Å²) >= 11 is 0. The Morgan fingerprint density at radius 2 is 0.378 bits per heavy atom. The quantitative estimate of drug-likeness (QED) is 0.114. The molecule has 1 aromatic rings. The van der Waals surface area contributed by atoms with E-state index in [1.165, 1.54) is 161 Å². The molecule has 1 rings (SSSR count).